The SMILES string of the molecule is Cc1cccc(C(=O)Nc2nc(-c3ccccc3)cc(-c3ccccc3)n2)c1. The van der Waals surface area contributed by atoms with Crippen molar-refractivity contribution in [3.05, 3.63) is 102 Å². The predicted molar refractivity (Wildman–Crippen MR) is 112 cm³/mol. The third-order valence-electron chi connectivity index (χ3n) is 4.37. The minimum absolute atomic E-state index is 0.229. The standard InChI is InChI=1S/C24H19N3O/c1-17-9-8-14-20(15-17)23(28)27-24-25-21(18-10-4-2-5-11-18)16-22(26-24)19-12-6-3-7-13-19/h2-16H,1H3,(H,25,26,27,28). The molecule has 4 nitrogen and oxygen atoms in total. The maximum atomic E-state index is 12.7. The Morgan fingerprint density at radius 3 is 1.82 bits per heavy atom. The van der Waals surface area contributed by atoms with Crippen LogP contribution in [0.1, 0.15) is 15.9 Å². The highest BCUT2D eigenvalue weighted by Gasteiger charge is 2.12. The number of nitrogens with zero attached hydrogens (tertiary/aromatic N) is 2. The molecule has 0 unspecified atom stereocenters. The lowest BCUT2D eigenvalue weighted by atomic mass is 10.1. The number of hydrogen-bond donors (Lipinski definition) is 1. The van der Waals surface area contributed by atoms with Crippen LogP contribution < -0.4 is 5.32 Å². The van der Waals surface area contributed by atoms with Crippen LogP contribution in [0.4, 0.5) is 5.95 Å². The Kier molecular flexibility index (Phi) is 4.93. The molecule has 1 N–H and O–H groups in total. The summed E-state index contributed by atoms with van der Waals surface area (Å²) in [6.45, 7) is 1.96. The fraction of sp³-hybridized carbons (Fsp3) is 0.0417. The summed E-state index contributed by atoms with van der Waals surface area (Å²) in [4.78, 5) is 21.8. The molecular formula is C24H19N3O. The van der Waals surface area contributed by atoms with Crippen molar-refractivity contribution < 1.29 is 4.79 Å². The molecule has 4 aromatic rings. The first-order valence-electron chi connectivity index (χ1n) is 9.07. The van der Waals surface area contributed by atoms with Gasteiger partial charge in [-0.1, -0.05) is 78.4 Å². The van der Waals surface area contributed by atoms with E-state index in [0.29, 0.717) is 5.56 Å². The molecule has 0 spiro atoms. The molecular weight excluding hydrogens is 346 g/mol. The molecule has 0 aliphatic rings. The van der Waals surface area contributed by atoms with Crippen LogP contribution in [0.5, 0.6) is 0 Å². The molecule has 1 aromatic heterocycles. The van der Waals surface area contributed by atoms with E-state index in [0.717, 1.165) is 28.1 Å². The van der Waals surface area contributed by atoms with Crippen LogP contribution in [-0.2, 0) is 0 Å². The maximum Gasteiger partial charge on any atom is 0.258 e. The number of aromatic nitrogens is 2. The largest absolute Gasteiger partial charge is 0.290 e. The molecule has 0 aliphatic carbocycles. The van der Waals surface area contributed by atoms with Gasteiger partial charge in [0, 0.05) is 16.7 Å². The smallest absolute Gasteiger partial charge is 0.258 e. The second kappa shape index (κ2) is 7.84. The molecule has 3 aromatic carbocycles. The average Bonchev–Trinajstić information content (AvgIpc) is 2.75. The quantitative estimate of drug-likeness (QED) is 0.529. The Morgan fingerprint density at radius 1 is 0.714 bits per heavy atom. The number of nitrogens with one attached hydrogen (secondary N) is 1. The van der Waals surface area contributed by atoms with Crippen LogP contribution in [0.3, 0.4) is 0 Å². The van der Waals surface area contributed by atoms with Crippen LogP contribution in [0.2, 0.25) is 0 Å². The van der Waals surface area contributed by atoms with Crippen molar-refractivity contribution in [3.63, 3.8) is 0 Å². The summed E-state index contributed by atoms with van der Waals surface area (Å²) in [6, 6.07) is 29.1. The Hall–Kier alpha value is -3.79. The molecule has 28 heavy (non-hydrogen) atoms. The number of amides is 1. The molecule has 1 amide bonds. The molecule has 136 valence electrons. The van der Waals surface area contributed by atoms with Crippen LogP contribution >= 0.6 is 0 Å². The van der Waals surface area contributed by atoms with Crippen molar-refractivity contribution in [2.75, 3.05) is 5.32 Å². The van der Waals surface area contributed by atoms with Gasteiger partial charge in [-0.15, -0.1) is 0 Å². The van der Waals surface area contributed by atoms with Crippen LogP contribution in [0.25, 0.3) is 22.5 Å². The predicted octanol–water partition coefficient (Wildman–Crippen LogP) is 5.37. The third kappa shape index (κ3) is 3.96. The number of anilines is 1. The third-order valence-corrected chi connectivity index (χ3v) is 4.37. The van der Waals surface area contributed by atoms with Gasteiger partial charge in [0.15, 0.2) is 0 Å². The van der Waals surface area contributed by atoms with Crippen LogP contribution in [-0.4, -0.2) is 15.9 Å². The molecule has 0 saturated carbocycles. The van der Waals surface area contributed by atoms with E-state index in [9.17, 15) is 4.79 Å². The highest BCUT2D eigenvalue weighted by Crippen LogP contribution is 2.25. The zero-order valence-corrected chi connectivity index (χ0v) is 15.5. The number of rotatable bonds is 4. The average molecular weight is 365 g/mol. The van der Waals surface area contributed by atoms with Gasteiger partial charge >= 0.3 is 0 Å². The first-order chi connectivity index (χ1) is 13.7. The van der Waals surface area contributed by atoms with Gasteiger partial charge in [-0.25, -0.2) is 9.97 Å². The van der Waals surface area contributed by atoms with Crippen molar-refractivity contribution >= 4 is 11.9 Å². The fourth-order valence-electron chi connectivity index (χ4n) is 2.98. The van der Waals surface area contributed by atoms with E-state index in [1.165, 1.54) is 0 Å². The molecule has 0 fully saturated rings. The summed E-state index contributed by atoms with van der Waals surface area (Å²) < 4.78 is 0. The number of aryl methyl sites for hydroxylation is 1. The lowest BCUT2D eigenvalue weighted by Gasteiger charge is -2.10. The monoisotopic (exact) mass is 365 g/mol. The first-order valence-corrected chi connectivity index (χ1v) is 9.07. The maximum absolute atomic E-state index is 12.7. The van der Waals surface area contributed by atoms with Gasteiger partial charge in [-0.2, -0.15) is 0 Å². The van der Waals surface area contributed by atoms with Gasteiger partial charge in [0.05, 0.1) is 11.4 Å². The van der Waals surface area contributed by atoms with Gasteiger partial charge in [-0.05, 0) is 25.1 Å². The first kappa shape index (κ1) is 17.6. The highest BCUT2D eigenvalue weighted by atomic mass is 16.1. The zero-order chi connectivity index (χ0) is 19.3. The zero-order valence-electron chi connectivity index (χ0n) is 15.5. The molecule has 0 aliphatic heterocycles. The van der Waals surface area contributed by atoms with Gasteiger partial charge in [0.1, 0.15) is 0 Å². The van der Waals surface area contributed by atoms with E-state index in [-0.39, 0.29) is 11.9 Å². The van der Waals surface area contributed by atoms with Crippen molar-refractivity contribution in [1.82, 2.24) is 9.97 Å². The van der Waals surface area contributed by atoms with Crippen molar-refractivity contribution in [1.29, 1.82) is 0 Å². The number of hydrogen-bond acceptors (Lipinski definition) is 3. The molecule has 0 saturated heterocycles. The highest BCUT2D eigenvalue weighted by molar-refractivity contribution is 6.03. The Balaban J connectivity index is 1.75. The van der Waals surface area contributed by atoms with Crippen molar-refractivity contribution in [3.8, 4) is 22.5 Å². The van der Waals surface area contributed by atoms with E-state index in [4.69, 9.17) is 0 Å². The molecule has 4 rings (SSSR count). The van der Waals surface area contributed by atoms with Crippen LogP contribution in [0.15, 0.2) is 91.0 Å². The van der Waals surface area contributed by atoms with Gasteiger partial charge in [0.2, 0.25) is 5.95 Å². The summed E-state index contributed by atoms with van der Waals surface area (Å²) in [5, 5.41) is 2.84. The number of benzene rings is 3. The van der Waals surface area contributed by atoms with E-state index in [1.807, 2.05) is 91.9 Å². The summed E-state index contributed by atoms with van der Waals surface area (Å²) >= 11 is 0. The summed E-state index contributed by atoms with van der Waals surface area (Å²) in [6.07, 6.45) is 0. The van der Waals surface area contributed by atoms with E-state index in [2.05, 4.69) is 15.3 Å². The number of carbonyl (C=O) groups is 1. The lowest BCUT2D eigenvalue weighted by Crippen LogP contribution is -2.15. The van der Waals surface area contributed by atoms with E-state index >= 15 is 0 Å². The Morgan fingerprint density at radius 2 is 1.29 bits per heavy atom. The molecule has 0 atom stereocenters. The van der Waals surface area contributed by atoms with Crippen molar-refractivity contribution in [2.45, 2.75) is 6.92 Å². The minimum Gasteiger partial charge on any atom is -0.290 e. The van der Waals surface area contributed by atoms with E-state index in [1.54, 1.807) is 6.07 Å². The lowest BCUT2D eigenvalue weighted by molar-refractivity contribution is 0.102. The number of carbonyl (C=O) groups excluding carboxylic acids is 1. The second-order valence-corrected chi connectivity index (χ2v) is 6.52. The second-order valence-electron chi connectivity index (χ2n) is 6.52. The summed E-state index contributed by atoms with van der Waals surface area (Å²) in [5.41, 5.74) is 5.05. The van der Waals surface area contributed by atoms with Crippen LogP contribution in [0, 0.1) is 6.92 Å². The Bertz CT molecular complexity index is 1050. The van der Waals surface area contributed by atoms with Gasteiger partial charge in [-0.3, -0.25) is 10.1 Å². The summed E-state index contributed by atoms with van der Waals surface area (Å²) in [5.74, 6) is 0.0552. The molecule has 0 radical (unpaired) electrons. The molecule has 0 bridgehead atoms. The normalized spacial score (nSPS) is 10.5. The minimum atomic E-state index is -0.229. The van der Waals surface area contributed by atoms with Gasteiger partial charge in [0.25, 0.3) is 5.91 Å². The van der Waals surface area contributed by atoms with Gasteiger partial charge < -0.3 is 0 Å². The molecule has 4 heteroatoms. The fourth-order valence-corrected chi connectivity index (χ4v) is 2.98. The Labute approximate surface area is 163 Å². The topological polar surface area (TPSA) is 54.9 Å². The van der Waals surface area contributed by atoms with Crippen molar-refractivity contribution in [2.24, 2.45) is 0 Å². The summed E-state index contributed by atoms with van der Waals surface area (Å²) in [7, 11) is 0. The molecule has 1 heterocycles. The van der Waals surface area contributed by atoms with E-state index < -0.39 is 0 Å².